The van der Waals surface area contributed by atoms with Crippen LogP contribution in [0, 0.1) is 5.41 Å². The van der Waals surface area contributed by atoms with Gasteiger partial charge in [-0.1, -0.05) is 27.7 Å². The Balaban J connectivity index is 4.71. The van der Waals surface area contributed by atoms with Crippen LogP contribution < -0.4 is 5.73 Å². The molecule has 0 aromatic heterocycles. The molecule has 0 spiro atoms. The highest BCUT2D eigenvalue weighted by atomic mass is 32.1. The predicted molar refractivity (Wildman–Crippen MR) is 61.7 cm³/mol. The topological polar surface area (TPSA) is 63.3 Å². The Morgan fingerprint density at radius 2 is 1.93 bits per heavy atom. The van der Waals surface area contributed by atoms with E-state index in [1.807, 2.05) is 27.7 Å². The number of carbonyl (C=O) groups is 1. The van der Waals surface area contributed by atoms with Crippen molar-refractivity contribution >= 4 is 18.6 Å². The van der Waals surface area contributed by atoms with Crippen LogP contribution in [0.25, 0.3) is 0 Å². The monoisotopic (exact) mass is 219 g/mol. The third-order valence-corrected chi connectivity index (χ3v) is 2.82. The minimum absolute atomic E-state index is 0.197. The van der Waals surface area contributed by atoms with Crippen molar-refractivity contribution in [1.82, 2.24) is 0 Å². The van der Waals surface area contributed by atoms with Gasteiger partial charge in [0, 0.05) is 4.75 Å². The van der Waals surface area contributed by atoms with Gasteiger partial charge < -0.3 is 10.8 Å². The first-order valence-corrected chi connectivity index (χ1v) is 5.28. The average Bonchev–Trinajstić information content (AvgIpc) is 1.99. The number of hydrogen-bond acceptors (Lipinski definition) is 3. The van der Waals surface area contributed by atoms with Gasteiger partial charge in [-0.15, -0.1) is 0 Å². The van der Waals surface area contributed by atoms with Crippen molar-refractivity contribution in [3.63, 3.8) is 0 Å². The fraction of sp³-hybridized carbons (Fsp3) is 0.900. The zero-order valence-electron chi connectivity index (χ0n) is 9.37. The van der Waals surface area contributed by atoms with Gasteiger partial charge >= 0.3 is 5.97 Å². The lowest BCUT2D eigenvalue weighted by Crippen LogP contribution is -2.47. The smallest absolute Gasteiger partial charge is 0.321 e. The van der Waals surface area contributed by atoms with E-state index in [9.17, 15) is 4.79 Å². The number of carboxylic acid groups (broad SMARTS) is 1. The van der Waals surface area contributed by atoms with Crippen molar-refractivity contribution in [2.24, 2.45) is 11.1 Å². The summed E-state index contributed by atoms with van der Waals surface area (Å²) in [6.07, 6.45) is 1.43. The molecule has 0 radical (unpaired) electrons. The van der Waals surface area contributed by atoms with Crippen LogP contribution in [0.1, 0.15) is 40.5 Å². The van der Waals surface area contributed by atoms with E-state index in [4.69, 9.17) is 10.8 Å². The van der Waals surface area contributed by atoms with E-state index in [0.717, 1.165) is 6.42 Å². The van der Waals surface area contributed by atoms with Crippen molar-refractivity contribution in [3.05, 3.63) is 0 Å². The third kappa shape index (κ3) is 3.88. The number of aliphatic carboxylic acids is 1. The summed E-state index contributed by atoms with van der Waals surface area (Å²) >= 11 is 4.42. The Hall–Kier alpha value is -0.220. The molecule has 0 aliphatic heterocycles. The van der Waals surface area contributed by atoms with Crippen molar-refractivity contribution < 1.29 is 9.90 Å². The molecule has 2 unspecified atom stereocenters. The first kappa shape index (κ1) is 13.8. The quantitative estimate of drug-likeness (QED) is 0.619. The molecule has 2 atom stereocenters. The van der Waals surface area contributed by atoms with Gasteiger partial charge in [0.2, 0.25) is 0 Å². The Kier molecular flexibility index (Phi) is 4.46. The number of nitrogens with two attached hydrogens (primary N) is 1. The van der Waals surface area contributed by atoms with Crippen LogP contribution in [0.3, 0.4) is 0 Å². The lowest BCUT2D eigenvalue weighted by Gasteiger charge is -2.37. The molecule has 0 aliphatic carbocycles. The van der Waals surface area contributed by atoms with Gasteiger partial charge in [-0.2, -0.15) is 12.6 Å². The molecule has 0 saturated carbocycles. The molecule has 0 rings (SSSR count). The summed E-state index contributed by atoms with van der Waals surface area (Å²) in [6, 6.07) is -0.820. The second-order valence-corrected chi connectivity index (χ2v) is 6.02. The maximum absolute atomic E-state index is 10.8. The van der Waals surface area contributed by atoms with Crippen LogP contribution in [-0.2, 0) is 4.79 Å². The van der Waals surface area contributed by atoms with Crippen LogP contribution >= 0.6 is 12.6 Å². The molecule has 4 heteroatoms. The second kappa shape index (κ2) is 4.53. The fourth-order valence-electron chi connectivity index (χ4n) is 1.74. The molecule has 0 amide bonds. The number of rotatable bonds is 5. The van der Waals surface area contributed by atoms with Gasteiger partial charge in [-0.05, 0) is 18.3 Å². The Labute approximate surface area is 91.5 Å². The molecule has 0 aromatic carbocycles. The van der Waals surface area contributed by atoms with Crippen LogP contribution in [0.2, 0.25) is 0 Å². The first-order valence-electron chi connectivity index (χ1n) is 4.83. The Morgan fingerprint density at radius 1 is 1.50 bits per heavy atom. The molecule has 0 heterocycles. The summed E-state index contributed by atoms with van der Waals surface area (Å²) < 4.78 is -0.197. The first-order chi connectivity index (χ1) is 6.12. The van der Waals surface area contributed by atoms with Crippen LogP contribution in [0.15, 0.2) is 0 Å². The molecule has 84 valence electrons. The highest BCUT2D eigenvalue weighted by Crippen LogP contribution is 2.37. The van der Waals surface area contributed by atoms with Crippen LogP contribution in [0.5, 0.6) is 0 Å². The molecular formula is C10H21NO2S. The molecule has 3 nitrogen and oxygen atoms in total. The van der Waals surface area contributed by atoms with Gasteiger partial charge in [-0.25, -0.2) is 0 Å². The third-order valence-electron chi connectivity index (χ3n) is 2.66. The summed E-state index contributed by atoms with van der Waals surface area (Å²) in [5, 5.41) is 8.90. The lowest BCUT2D eigenvalue weighted by atomic mass is 9.74. The maximum atomic E-state index is 10.8. The number of carboxylic acids is 1. The van der Waals surface area contributed by atoms with Gasteiger partial charge in [0.15, 0.2) is 0 Å². The second-order valence-electron chi connectivity index (χ2n) is 4.81. The molecular weight excluding hydrogens is 198 g/mol. The van der Waals surface area contributed by atoms with Crippen molar-refractivity contribution in [3.8, 4) is 0 Å². The summed E-state index contributed by atoms with van der Waals surface area (Å²) in [6.45, 7) is 7.81. The average molecular weight is 219 g/mol. The maximum Gasteiger partial charge on any atom is 0.321 e. The molecule has 0 saturated heterocycles. The predicted octanol–water partition coefficient (Wildman–Crippen LogP) is 1.91. The van der Waals surface area contributed by atoms with Crippen molar-refractivity contribution in [2.45, 2.75) is 51.3 Å². The summed E-state index contributed by atoms with van der Waals surface area (Å²) in [4.78, 5) is 10.8. The van der Waals surface area contributed by atoms with Crippen LogP contribution in [-0.4, -0.2) is 21.9 Å². The SMILES string of the molecule is CCC(C)(CC(C)(C)S)C(N)C(=O)O. The van der Waals surface area contributed by atoms with Crippen molar-refractivity contribution in [2.75, 3.05) is 0 Å². The Morgan fingerprint density at radius 3 is 2.14 bits per heavy atom. The lowest BCUT2D eigenvalue weighted by molar-refractivity contribution is -0.142. The van der Waals surface area contributed by atoms with E-state index in [1.165, 1.54) is 0 Å². The summed E-state index contributed by atoms with van der Waals surface area (Å²) in [5.74, 6) is -0.938. The zero-order valence-corrected chi connectivity index (χ0v) is 10.3. The minimum Gasteiger partial charge on any atom is -0.480 e. The summed E-state index contributed by atoms with van der Waals surface area (Å²) in [7, 11) is 0. The molecule has 14 heavy (non-hydrogen) atoms. The van der Waals surface area contributed by atoms with Crippen LogP contribution in [0.4, 0.5) is 0 Å². The standard InChI is InChI=1S/C10H21NO2S/c1-5-10(4,6-9(2,3)14)7(11)8(12)13/h7,14H,5-6,11H2,1-4H3,(H,12,13). The Bertz CT molecular complexity index is 213. The van der Waals surface area contributed by atoms with E-state index in [2.05, 4.69) is 12.6 Å². The number of thiol groups is 1. The molecule has 0 aliphatic rings. The summed E-state index contributed by atoms with van der Waals surface area (Å²) in [5.41, 5.74) is 5.29. The van der Waals surface area contributed by atoms with Gasteiger partial charge in [-0.3, -0.25) is 4.79 Å². The largest absolute Gasteiger partial charge is 0.480 e. The van der Waals surface area contributed by atoms with E-state index in [0.29, 0.717) is 6.42 Å². The molecule has 3 N–H and O–H groups in total. The van der Waals surface area contributed by atoms with E-state index < -0.39 is 17.4 Å². The molecule has 0 bridgehead atoms. The van der Waals surface area contributed by atoms with Crippen molar-refractivity contribution in [1.29, 1.82) is 0 Å². The van der Waals surface area contributed by atoms with Gasteiger partial charge in [0.25, 0.3) is 0 Å². The molecule has 0 aromatic rings. The van der Waals surface area contributed by atoms with Gasteiger partial charge in [0.1, 0.15) is 6.04 Å². The normalized spacial score (nSPS) is 18.7. The fourth-order valence-corrected chi connectivity index (χ4v) is 2.10. The van der Waals surface area contributed by atoms with E-state index in [1.54, 1.807) is 0 Å². The molecule has 0 fully saturated rings. The number of hydrogen-bond donors (Lipinski definition) is 3. The highest BCUT2D eigenvalue weighted by Gasteiger charge is 2.38. The van der Waals surface area contributed by atoms with Gasteiger partial charge in [0.05, 0.1) is 0 Å². The zero-order chi connectivity index (χ0) is 11.6. The van der Waals surface area contributed by atoms with E-state index >= 15 is 0 Å². The minimum atomic E-state index is -0.938. The highest BCUT2D eigenvalue weighted by molar-refractivity contribution is 7.81. The van der Waals surface area contributed by atoms with E-state index in [-0.39, 0.29) is 4.75 Å².